The first-order valence-electron chi connectivity index (χ1n) is 6.33. The Bertz CT molecular complexity index is 530. The quantitative estimate of drug-likeness (QED) is 0.898. The van der Waals surface area contributed by atoms with Crippen molar-refractivity contribution in [2.75, 3.05) is 20.1 Å². The molecule has 0 heterocycles. The molecule has 1 aromatic carbocycles. The molecule has 2 N–H and O–H groups in total. The van der Waals surface area contributed by atoms with Crippen LogP contribution in [0.2, 0.25) is 0 Å². The number of sulfonamides is 1. The third-order valence-corrected chi connectivity index (χ3v) is 4.89. The maximum atomic E-state index is 12.5. The summed E-state index contributed by atoms with van der Waals surface area (Å²) in [7, 11) is -1.85. The molecule has 4 nitrogen and oxygen atoms in total. The van der Waals surface area contributed by atoms with Crippen molar-refractivity contribution in [3.8, 4) is 0 Å². The second-order valence-corrected chi connectivity index (χ2v) is 8.00. The van der Waals surface area contributed by atoms with Gasteiger partial charge in [0.15, 0.2) is 0 Å². The van der Waals surface area contributed by atoms with Gasteiger partial charge in [-0.15, -0.1) is 0 Å². The van der Waals surface area contributed by atoms with E-state index < -0.39 is 10.0 Å². The first kappa shape index (κ1) is 16.1. The van der Waals surface area contributed by atoms with Crippen molar-refractivity contribution in [2.45, 2.75) is 32.6 Å². The molecule has 1 aromatic rings. The highest BCUT2D eigenvalue weighted by molar-refractivity contribution is 7.89. The summed E-state index contributed by atoms with van der Waals surface area (Å²) in [5.41, 5.74) is 7.33. The van der Waals surface area contributed by atoms with Crippen molar-refractivity contribution in [1.29, 1.82) is 0 Å². The SMILES string of the molecule is Cc1cc(C)cc(S(=O)(=O)N(C)CC(C)(C)CN)c1. The van der Waals surface area contributed by atoms with E-state index in [1.807, 2.05) is 33.8 Å². The number of nitrogens with two attached hydrogens (primary N) is 1. The smallest absolute Gasteiger partial charge is 0.242 e. The molecule has 0 fully saturated rings. The molecule has 0 aliphatic rings. The van der Waals surface area contributed by atoms with E-state index in [1.54, 1.807) is 19.2 Å². The Balaban J connectivity index is 3.10. The molecule has 0 unspecified atom stereocenters. The third kappa shape index (κ3) is 4.03. The molecule has 0 saturated carbocycles. The largest absolute Gasteiger partial charge is 0.330 e. The van der Waals surface area contributed by atoms with Crippen LogP contribution < -0.4 is 5.73 Å². The predicted octanol–water partition coefficient (Wildman–Crippen LogP) is 1.91. The summed E-state index contributed by atoms with van der Waals surface area (Å²) in [6.07, 6.45) is 0. The van der Waals surface area contributed by atoms with Crippen LogP contribution in [0.3, 0.4) is 0 Å². The van der Waals surface area contributed by atoms with Crippen molar-refractivity contribution in [2.24, 2.45) is 11.1 Å². The van der Waals surface area contributed by atoms with Gasteiger partial charge >= 0.3 is 0 Å². The molecule has 0 bridgehead atoms. The lowest BCUT2D eigenvalue weighted by atomic mass is 9.94. The summed E-state index contributed by atoms with van der Waals surface area (Å²) in [6, 6.07) is 5.37. The van der Waals surface area contributed by atoms with E-state index in [0.717, 1.165) is 11.1 Å². The highest BCUT2D eigenvalue weighted by atomic mass is 32.2. The van der Waals surface area contributed by atoms with Gasteiger partial charge in [-0.2, -0.15) is 0 Å². The van der Waals surface area contributed by atoms with E-state index >= 15 is 0 Å². The zero-order valence-corrected chi connectivity index (χ0v) is 13.2. The van der Waals surface area contributed by atoms with Crippen LogP contribution in [-0.4, -0.2) is 32.9 Å². The van der Waals surface area contributed by atoms with E-state index in [4.69, 9.17) is 5.73 Å². The van der Waals surface area contributed by atoms with Crippen molar-refractivity contribution in [3.63, 3.8) is 0 Å². The van der Waals surface area contributed by atoms with Crippen molar-refractivity contribution in [3.05, 3.63) is 29.3 Å². The Hall–Kier alpha value is -0.910. The lowest BCUT2D eigenvalue weighted by Gasteiger charge is -2.28. The van der Waals surface area contributed by atoms with E-state index in [1.165, 1.54) is 4.31 Å². The van der Waals surface area contributed by atoms with Crippen LogP contribution in [0.25, 0.3) is 0 Å². The number of rotatable bonds is 5. The molecular weight excluding hydrogens is 260 g/mol. The van der Waals surface area contributed by atoms with Gasteiger partial charge in [-0.25, -0.2) is 12.7 Å². The molecule has 0 radical (unpaired) electrons. The summed E-state index contributed by atoms with van der Waals surface area (Å²) >= 11 is 0. The highest BCUT2D eigenvalue weighted by Crippen LogP contribution is 2.22. The number of benzene rings is 1. The Morgan fingerprint density at radius 2 is 1.63 bits per heavy atom. The molecule has 19 heavy (non-hydrogen) atoms. The predicted molar refractivity (Wildman–Crippen MR) is 78.6 cm³/mol. The molecule has 0 aromatic heterocycles. The summed E-state index contributed by atoms with van der Waals surface area (Å²) in [5, 5.41) is 0. The van der Waals surface area contributed by atoms with Crippen LogP contribution >= 0.6 is 0 Å². The van der Waals surface area contributed by atoms with Crippen LogP contribution in [0, 0.1) is 19.3 Å². The van der Waals surface area contributed by atoms with Crippen LogP contribution in [0.4, 0.5) is 0 Å². The minimum Gasteiger partial charge on any atom is -0.330 e. The van der Waals surface area contributed by atoms with Gasteiger partial charge in [-0.05, 0) is 49.1 Å². The fourth-order valence-electron chi connectivity index (χ4n) is 2.01. The summed E-state index contributed by atoms with van der Waals surface area (Å²) in [5.74, 6) is 0. The second kappa shape index (κ2) is 5.61. The molecule has 0 spiro atoms. The first-order chi connectivity index (χ1) is 8.58. The van der Waals surface area contributed by atoms with Crippen molar-refractivity contribution in [1.82, 2.24) is 4.31 Å². The van der Waals surface area contributed by atoms with Crippen molar-refractivity contribution >= 4 is 10.0 Å². The van der Waals surface area contributed by atoms with Gasteiger partial charge in [0.05, 0.1) is 4.90 Å². The fourth-order valence-corrected chi connectivity index (χ4v) is 3.56. The molecule has 0 atom stereocenters. The monoisotopic (exact) mass is 284 g/mol. The number of nitrogens with zero attached hydrogens (tertiary/aromatic N) is 1. The minimum atomic E-state index is -3.45. The van der Waals surface area contributed by atoms with E-state index in [9.17, 15) is 8.42 Å². The molecule has 108 valence electrons. The van der Waals surface area contributed by atoms with Crippen LogP contribution in [0.5, 0.6) is 0 Å². The molecule has 0 saturated heterocycles. The zero-order valence-electron chi connectivity index (χ0n) is 12.4. The summed E-state index contributed by atoms with van der Waals surface area (Å²) in [4.78, 5) is 0.348. The average Bonchev–Trinajstić information content (AvgIpc) is 2.27. The Kier molecular flexibility index (Phi) is 4.76. The third-order valence-electron chi connectivity index (χ3n) is 3.11. The van der Waals surface area contributed by atoms with Crippen LogP contribution in [0.15, 0.2) is 23.1 Å². The van der Waals surface area contributed by atoms with Crippen LogP contribution in [-0.2, 0) is 10.0 Å². The van der Waals surface area contributed by atoms with Crippen LogP contribution in [0.1, 0.15) is 25.0 Å². The minimum absolute atomic E-state index is 0.235. The van der Waals surface area contributed by atoms with E-state index in [-0.39, 0.29) is 5.41 Å². The molecular formula is C14H24N2O2S. The van der Waals surface area contributed by atoms with Gasteiger partial charge < -0.3 is 5.73 Å². The first-order valence-corrected chi connectivity index (χ1v) is 7.77. The molecule has 0 aliphatic heterocycles. The normalized spacial score (nSPS) is 13.0. The van der Waals surface area contributed by atoms with Gasteiger partial charge in [0, 0.05) is 13.6 Å². The second-order valence-electron chi connectivity index (χ2n) is 5.95. The number of aryl methyl sites for hydroxylation is 2. The van der Waals surface area contributed by atoms with Gasteiger partial charge in [0.25, 0.3) is 0 Å². The van der Waals surface area contributed by atoms with Gasteiger partial charge in [0.1, 0.15) is 0 Å². The Labute approximate surface area is 116 Å². The Morgan fingerprint density at radius 1 is 1.16 bits per heavy atom. The number of hydrogen-bond acceptors (Lipinski definition) is 3. The lowest BCUT2D eigenvalue weighted by molar-refractivity contribution is 0.292. The molecule has 5 heteroatoms. The fraction of sp³-hybridized carbons (Fsp3) is 0.571. The summed E-state index contributed by atoms with van der Waals surface area (Å²) < 4.78 is 26.4. The number of hydrogen-bond donors (Lipinski definition) is 1. The lowest BCUT2D eigenvalue weighted by Crippen LogP contribution is -2.39. The summed E-state index contributed by atoms with van der Waals surface area (Å²) in [6.45, 7) is 8.56. The van der Waals surface area contributed by atoms with Gasteiger partial charge in [-0.3, -0.25) is 0 Å². The Morgan fingerprint density at radius 3 is 2.05 bits per heavy atom. The maximum Gasteiger partial charge on any atom is 0.242 e. The molecule has 1 rings (SSSR count). The van der Waals surface area contributed by atoms with E-state index in [0.29, 0.717) is 18.0 Å². The topological polar surface area (TPSA) is 63.4 Å². The van der Waals surface area contributed by atoms with E-state index in [2.05, 4.69) is 0 Å². The standard InChI is InChI=1S/C14H24N2O2S/c1-11-6-12(2)8-13(7-11)19(17,18)16(5)10-14(3,4)9-15/h6-8H,9-10,15H2,1-5H3. The molecule has 0 aliphatic carbocycles. The maximum absolute atomic E-state index is 12.5. The van der Waals surface area contributed by atoms with Gasteiger partial charge in [0.2, 0.25) is 10.0 Å². The van der Waals surface area contributed by atoms with Crippen molar-refractivity contribution < 1.29 is 8.42 Å². The molecule has 0 amide bonds. The van der Waals surface area contributed by atoms with Gasteiger partial charge in [-0.1, -0.05) is 19.9 Å². The highest BCUT2D eigenvalue weighted by Gasteiger charge is 2.27. The zero-order chi connectivity index (χ0) is 14.8. The average molecular weight is 284 g/mol.